The normalized spacial score (nSPS) is 12.2. The van der Waals surface area contributed by atoms with Crippen LogP contribution >= 0.6 is 0 Å². The van der Waals surface area contributed by atoms with E-state index in [1.165, 1.54) is 13.2 Å². The fraction of sp³-hybridized carbons (Fsp3) is 0.182. The average molecular weight is 392 g/mol. The van der Waals surface area contributed by atoms with Gasteiger partial charge in [-0.3, -0.25) is 4.79 Å². The lowest BCUT2D eigenvalue weighted by atomic mass is 9.81. The molecule has 1 unspecified atom stereocenters. The maximum Gasteiger partial charge on any atom is 0.348 e. The van der Waals surface area contributed by atoms with Crippen molar-refractivity contribution in [1.82, 2.24) is 9.97 Å². The Bertz CT molecular complexity index is 953. The molecule has 0 aliphatic heterocycles. The van der Waals surface area contributed by atoms with Crippen LogP contribution in [0.5, 0.6) is 6.01 Å². The topological polar surface area (TPSA) is 98.6 Å². The summed E-state index contributed by atoms with van der Waals surface area (Å²) in [5, 5.41) is 10.1. The van der Waals surface area contributed by atoms with E-state index in [2.05, 4.69) is 9.97 Å². The van der Waals surface area contributed by atoms with E-state index in [9.17, 15) is 14.7 Å². The lowest BCUT2D eigenvalue weighted by Crippen LogP contribution is -2.50. The molecule has 7 heteroatoms. The molecule has 0 radical (unpaired) electrons. The maximum absolute atomic E-state index is 12.4. The molecule has 0 saturated carbocycles. The number of ether oxygens (including phenoxy) is 2. The molecule has 0 amide bonds. The highest BCUT2D eigenvalue weighted by molar-refractivity contribution is 5.76. The van der Waals surface area contributed by atoms with Crippen LogP contribution in [-0.2, 0) is 15.1 Å². The van der Waals surface area contributed by atoms with Crippen LogP contribution in [0.25, 0.3) is 0 Å². The minimum absolute atomic E-state index is 0.0964. The molecule has 1 atom stereocenters. The van der Waals surface area contributed by atoms with Crippen molar-refractivity contribution < 1.29 is 24.2 Å². The van der Waals surface area contributed by atoms with Crippen molar-refractivity contribution in [3.63, 3.8) is 0 Å². The number of aryl methyl sites for hydroxylation is 1. The summed E-state index contributed by atoms with van der Waals surface area (Å²) in [6, 6.07) is 19.1. The Labute approximate surface area is 168 Å². The van der Waals surface area contributed by atoms with E-state index in [0.717, 1.165) is 0 Å². The molecular weight excluding hydrogens is 372 g/mol. The SMILES string of the molecule is COC(c1ccccc1)(c1ccccc1)C(Oc1nc(C)cc(C=O)n1)C(=O)O. The third kappa shape index (κ3) is 4.00. The summed E-state index contributed by atoms with van der Waals surface area (Å²) in [5.74, 6) is -1.27. The second-order valence-corrected chi connectivity index (χ2v) is 6.34. The standard InChI is InChI=1S/C22H20N2O5/c1-15-13-18(14-25)24-21(23-15)29-19(20(26)27)22(28-2,16-9-5-3-6-10-16)17-11-7-4-8-12-17/h3-14,19H,1-2H3,(H,26,27). The number of methoxy groups -OCH3 is 1. The summed E-state index contributed by atoms with van der Waals surface area (Å²) in [6.07, 6.45) is -0.978. The molecule has 0 aliphatic rings. The number of carboxylic acids is 1. The van der Waals surface area contributed by atoms with Crippen molar-refractivity contribution in [3.05, 3.63) is 89.2 Å². The van der Waals surface area contributed by atoms with Gasteiger partial charge in [-0.15, -0.1) is 0 Å². The van der Waals surface area contributed by atoms with E-state index < -0.39 is 17.7 Å². The fourth-order valence-electron chi connectivity index (χ4n) is 3.27. The Hall–Kier alpha value is -3.58. The summed E-state index contributed by atoms with van der Waals surface area (Å²) in [6.45, 7) is 1.66. The Balaban J connectivity index is 2.19. The van der Waals surface area contributed by atoms with Gasteiger partial charge in [0, 0.05) is 12.8 Å². The molecule has 0 bridgehead atoms. The van der Waals surface area contributed by atoms with Crippen LogP contribution in [-0.4, -0.2) is 40.5 Å². The number of aromatic nitrogens is 2. The van der Waals surface area contributed by atoms with Gasteiger partial charge in [-0.25, -0.2) is 9.78 Å². The molecule has 0 saturated heterocycles. The summed E-state index contributed by atoms with van der Waals surface area (Å²) in [7, 11) is 1.42. The van der Waals surface area contributed by atoms with Gasteiger partial charge in [0.25, 0.3) is 0 Å². The third-order valence-corrected chi connectivity index (χ3v) is 4.52. The Morgan fingerprint density at radius 3 is 2.03 bits per heavy atom. The quantitative estimate of drug-likeness (QED) is 0.588. The number of benzene rings is 2. The molecular formula is C22H20N2O5. The molecule has 3 rings (SSSR count). The van der Waals surface area contributed by atoms with Crippen molar-refractivity contribution in [3.8, 4) is 6.01 Å². The second-order valence-electron chi connectivity index (χ2n) is 6.34. The number of hydrogen-bond acceptors (Lipinski definition) is 6. The van der Waals surface area contributed by atoms with Gasteiger partial charge in [0.05, 0.1) is 0 Å². The molecule has 1 aromatic heterocycles. The molecule has 29 heavy (non-hydrogen) atoms. The summed E-state index contributed by atoms with van der Waals surface area (Å²) in [4.78, 5) is 31.6. The molecule has 0 fully saturated rings. The maximum atomic E-state index is 12.4. The molecule has 3 aromatic rings. The van der Waals surface area contributed by atoms with Gasteiger partial charge in [-0.1, -0.05) is 60.7 Å². The highest BCUT2D eigenvalue weighted by atomic mass is 16.6. The van der Waals surface area contributed by atoms with Gasteiger partial charge in [-0.2, -0.15) is 4.98 Å². The average Bonchev–Trinajstić information content (AvgIpc) is 2.75. The number of aldehydes is 1. The number of hydrogen-bond donors (Lipinski definition) is 1. The Morgan fingerprint density at radius 2 is 1.59 bits per heavy atom. The largest absolute Gasteiger partial charge is 0.478 e. The smallest absolute Gasteiger partial charge is 0.348 e. The zero-order valence-corrected chi connectivity index (χ0v) is 16.0. The highest BCUT2D eigenvalue weighted by Gasteiger charge is 2.49. The number of carboxylic acid groups (broad SMARTS) is 1. The summed E-state index contributed by atoms with van der Waals surface area (Å²) in [5.41, 5.74) is 0.263. The minimum atomic E-state index is -1.53. The van der Waals surface area contributed by atoms with Gasteiger partial charge < -0.3 is 14.6 Å². The van der Waals surface area contributed by atoms with Crippen LogP contribution in [0, 0.1) is 6.92 Å². The molecule has 148 valence electrons. The van der Waals surface area contributed by atoms with Crippen LogP contribution in [0.4, 0.5) is 0 Å². The molecule has 1 N–H and O–H groups in total. The number of carbonyl (C=O) groups excluding carboxylic acids is 1. The second kappa shape index (κ2) is 8.62. The van der Waals surface area contributed by atoms with Gasteiger partial charge >= 0.3 is 12.0 Å². The van der Waals surface area contributed by atoms with Gasteiger partial charge in [-0.05, 0) is 24.1 Å². The predicted octanol–water partition coefficient (Wildman–Crippen LogP) is 3.02. The number of rotatable bonds is 8. The van der Waals surface area contributed by atoms with E-state index in [4.69, 9.17) is 9.47 Å². The first-order chi connectivity index (χ1) is 14.0. The minimum Gasteiger partial charge on any atom is -0.478 e. The van der Waals surface area contributed by atoms with Crippen molar-refractivity contribution in [2.75, 3.05) is 7.11 Å². The van der Waals surface area contributed by atoms with Crippen LogP contribution in [0.3, 0.4) is 0 Å². The lowest BCUT2D eigenvalue weighted by molar-refractivity contribution is -0.160. The molecule has 7 nitrogen and oxygen atoms in total. The first-order valence-corrected chi connectivity index (χ1v) is 8.87. The number of aliphatic carboxylic acids is 1. The van der Waals surface area contributed by atoms with Gasteiger partial charge in [0.2, 0.25) is 6.10 Å². The van der Waals surface area contributed by atoms with Crippen LogP contribution in [0.1, 0.15) is 27.3 Å². The fourth-order valence-corrected chi connectivity index (χ4v) is 3.27. The van der Waals surface area contributed by atoms with Crippen molar-refractivity contribution >= 4 is 12.3 Å². The Morgan fingerprint density at radius 1 is 1.03 bits per heavy atom. The molecule has 0 aliphatic carbocycles. The monoisotopic (exact) mass is 392 g/mol. The lowest BCUT2D eigenvalue weighted by Gasteiger charge is -2.37. The zero-order chi connectivity index (χ0) is 20.9. The van der Waals surface area contributed by atoms with Crippen LogP contribution < -0.4 is 4.74 Å². The van der Waals surface area contributed by atoms with Gasteiger partial charge in [0.15, 0.2) is 11.9 Å². The third-order valence-electron chi connectivity index (χ3n) is 4.52. The van der Waals surface area contributed by atoms with Crippen molar-refractivity contribution in [2.24, 2.45) is 0 Å². The van der Waals surface area contributed by atoms with E-state index in [0.29, 0.717) is 23.1 Å². The predicted molar refractivity (Wildman–Crippen MR) is 105 cm³/mol. The van der Waals surface area contributed by atoms with E-state index in [-0.39, 0.29) is 11.7 Å². The zero-order valence-electron chi connectivity index (χ0n) is 16.0. The highest BCUT2D eigenvalue weighted by Crippen LogP contribution is 2.38. The molecule has 0 spiro atoms. The summed E-state index contributed by atoms with van der Waals surface area (Å²) >= 11 is 0. The first-order valence-electron chi connectivity index (χ1n) is 8.87. The van der Waals surface area contributed by atoms with Crippen LogP contribution in [0.2, 0.25) is 0 Å². The van der Waals surface area contributed by atoms with Crippen LogP contribution in [0.15, 0.2) is 66.7 Å². The van der Waals surface area contributed by atoms with Crippen molar-refractivity contribution in [1.29, 1.82) is 0 Å². The van der Waals surface area contributed by atoms with E-state index in [1.54, 1.807) is 55.5 Å². The van der Waals surface area contributed by atoms with Crippen molar-refractivity contribution in [2.45, 2.75) is 18.6 Å². The Kier molecular flexibility index (Phi) is 5.99. The van der Waals surface area contributed by atoms with E-state index in [1.807, 2.05) is 12.1 Å². The number of nitrogens with zero attached hydrogens (tertiary/aromatic N) is 2. The molecule has 2 aromatic carbocycles. The molecule has 1 heterocycles. The number of carbonyl (C=O) groups is 2. The van der Waals surface area contributed by atoms with Gasteiger partial charge in [0.1, 0.15) is 5.69 Å². The summed E-state index contributed by atoms with van der Waals surface area (Å²) < 4.78 is 11.6. The first kappa shape index (κ1) is 20.2. The van der Waals surface area contributed by atoms with E-state index >= 15 is 0 Å².